The first-order valence-corrected chi connectivity index (χ1v) is 13.6. The number of carbonyl (C=O) groups is 2. The van der Waals surface area contributed by atoms with Crippen molar-refractivity contribution in [1.29, 1.82) is 0 Å². The zero-order valence-electron chi connectivity index (χ0n) is 19.7. The quantitative estimate of drug-likeness (QED) is 0.311. The molecule has 0 radical (unpaired) electrons. The van der Waals surface area contributed by atoms with Crippen LogP contribution in [0.15, 0.2) is 11.6 Å². The third-order valence-corrected chi connectivity index (χ3v) is 10.9. The van der Waals surface area contributed by atoms with Gasteiger partial charge in [-0.2, -0.15) is 0 Å². The lowest BCUT2D eigenvalue weighted by Crippen LogP contribution is -2.44. The normalized spacial score (nSPS) is 14.5. The van der Waals surface area contributed by atoms with Crippen LogP contribution in [0.3, 0.4) is 0 Å². The zero-order chi connectivity index (χ0) is 22.9. The molecule has 1 N–H and O–H groups in total. The molecule has 0 unspecified atom stereocenters. The highest BCUT2D eigenvalue weighted by atomic mass is 28.4. The number of hydrogen-bond donors (Lipinski definition) is 1. The maximum absolute atomic E-state index is 12.7. The van der Waals surface area contributed by atoms with Crippen LogP contribution in [0, 0.1) is 6.92 Å². The van der Waals surface area contributed by atoms with Crippen molar-refractivity contribution in [1.82, 2.24) is 0 Å². The number of carboxylic acids is 1. The fraction of sp³-hybridized carbons (Fsp3) is 0.583. The summed E-state index contributed by atoms with van der Waals surface area (Å²) in [7, 11) is -2.20. The third-order valence-electron chi connectivity index (χ3n) is 6.53. The van der Waals surface area contributed by atoms with Crippen LogP contribution < -0.4 is 4.43 Å². The Hall–Kier alpha value is -2.08. The van der Waals surface area contributed by atoms with E-state index in [9.17, 15) is 9.59 Å². The van der Waals surface area contributed by atoms with Crippen molar-refractivity contribution >= 4 is 20.3 Å². The van der Waals surface area contributed by atoms with Crippen molar-refractivity contribution in [3.05, 3.63) is 39.5 Å². The summed E-state index contributed by atoms with van der Waals surface area (Å²) in [6.45, 7) is 17.3. The molecule has 30 heavy (non-hydrogen) atoms. The van der Waals surface area contributed by atoms with Gasteiger partial charge >= 0.3 is 11.9 Å². The number of ether oxygens (including phenoxy) is 1. The predicted octanol–water partition coefficient (Wildman–Crippen LogP) is 5.97. The Bertz CT molecular complexity index is 875. The number of fused-ring (bicyclic) bond motifs is 1. The second kappa shape index (κ2) is 8.96. The van der Waals surface area contributed by atoms with Gasteiger partial charge in [-0.25, -0.2) is 4.79 Å². The van der Waals surface area contributed by atoms with Crippen molar-refractivity contribution in [2.75, 3.05) is 0 Å². The van der Waals surface area contributed by atoms with Crippen LogP contribution in [-0.4, -0.2) is 25.4 Å². The Morgan fingerprint density at radius 2 is 1.87 bits per heavy atom. The van der Waals surface area contributed by atoms with Gasteiger partial charge in [0.05, 0.1) is 0 Å². The summed E-state index contributed by atoms with van der Waals surface area (Å²) in [4.78, 5) is 23.6. The molecule has 1 heterocycles. The number of allylic oxidation sites excluding steroid dienone is 2. The summed E-state index contributed by atoms with van der Waals surface area (Å²) in [6, 6.07) is 0. The summed E-state index contributed by atoms with van der Waals surface area (Å²) in [5.74, 6) is -0.420. The Balaban J connectivity index is 2.62. The predicted molar refractivity (Wildman–Crippen MR) is 122 cm³/mol. The van der Waals surface area contributed by atoms with Crippen molar-refractivity contribution in [3.63, 3.8) is 0 Å². The van der Waals surface area contributed by atoms with Crippen LogP contribution >= 0.6 is 0 Å². The van der Waals surface area contributed by atoms with Gasteiger partial charge in [0, 0.05) is 17.5 Å². The van der Waals surface area contributed by atoms with Crippen LogP contribution in [0.25, 0.3) is 0 Å². The van der Waals surface area contributed by atoms with Crippen LogP contribution in [-0.2, 0) is 29.0 Å². The first-order chi connectivity index (χ1) is 13.8. The lowest BCUT2D eigenvalue weighted by molar-refractivity contribution is -0.136. The fourth-order valence-electron chi connectivity index (χ4n) is 3.52. The Morgan fingerprint density at radius 3 is 2.40 bits per heavy atom. The van der Waals surface area contributed by atoms with Crippen molar-refractivity contribution < 1.29 is 23.9 Å². The minimum atomic E-state index is -2.20. The second-order valence-electron chi connectivity index (χ2n) is 9.71. The van der Waals surface area contributed by atoms with E-state index in [0.29, 0.717) is 30.8 Å². The molecule has 0 spiro atoms. The van der Waals surface area contributed by atoms with Crippen molar-refractivity contribution in [3.8, 4) is 5.75 Å². The van der Waals surface area contributed by atoms with E-state index >= 15 is 0 Å². The number of aliphatic carboxylic acids is 1. The highest BCUT2D eigenvalue weighted by molar-refractivity contribution is 6.74. The fourth-order valence-corrected chi connectivity index (χ4v) is 4.57. The molecule has 0 aliphatic carbocycles. The van der Waals surface area contributed by atoms with E-state index in [0.717, 1.165) is 28.7 Å². The maximum Gasteiger partial charge on any atom is 0.342 e. The maximum atomic E-state index is 12.7. The number of carboxylic acid groups (broad SMARTS) is 1. The molecule has 5 nitrogen and oxygen atoms in total. The van der Waals surface area contributed by atoms with Gasteiger partial charge in [-0.3, -0.25) is 4.79 Å². The molecule has 6 heteroatoms. The number of esters is 1. The molecule has 1 aromatic rings. The third kappa shape index (κ3) is 4.97. The highest BCUT2D eigenvalue weighted by Gasteiger charge is 2.42. The minimum absolute atomic E-state index is 0.00975. The molecule has 0 aromatic heterocycles. The molecule has 1 aliphatic heterocycles. The number of cyclic esters (lactones) is 1. The summed E-state index contributed by atoms with van der Waals surface area (Å²) in [5.41, 5.74) is 5.89. The monoisotopic (exact) mass is 432 g/mol. The van der Waals surface area contributed by atoms with Crippen LogP contribution in [0.5, 0.6) is 5.75 Å². The Morgan fingerprint density at radius 1 is 1.23 bits per heavy atom. The van der Waals surface area contributed by atoms with E-state index in [2.05, 4.69) is 53.8 Å². The smallest absolute Gasteiger partial charge is 0.342 e. The topological polar surface area (TPSA) is 72.8 Å². The number of hydrogen-bond acceptors (Lipinski definition) is 4. The minimum Gasteiger partial charge on any atom is -0.543 e. The largest absolute Gasteiger partial charge is 0.543 e. The molecular formula is C24H36O5Si. The summed E-state index contributed by atoms with van der Waals surface area (Å²) < 4.78 is 12.2. The van der Waals surface area contributed by atoms with Gasteiger partial charge in [-0.1, -0.05) is 39.3 Å². The van der Waals surface area contributed by atoms with Gasteiger partial charge in [-0.05, 0) is 62.4 Å². The van der Waals surface area contributed by atoms with Gasteiger partial charge in [0.15, 0.2) is 0 Å². The van der Waals surface area contributed by atoms with Crippen molar-refractivity contribution in [2.45, 2.75) is 92.0 Å². The molecule has 0 fully saturated rings. The van der Waals surface area contributed by atoms with E-state index in [1.165, 1.54) is 5.56 Å². The molecule has 0 saturated carbocycles. The number of carbonyl (C=O) groups excluding carboxylic acids is 1. The highest BCUT2D eigenvalue weighted by Crippen LogP contribution is 2.44. The number of benzene rings is 1. The molecule has 0 bridgehead atoms. The number of rotatable bonds is 8. The van der Waals surface area contributed by atoms with E-state index in [1.54, 1.807) is 0 Å². The summed E-state index contributed by atoms with van der Waals surface area (Å²) >= 11 is 0. The first kappa shape index (κ1) is 24.2. The van der Waals surface area contributed by atoms with Crippen LogP contribution in [0.1, 0.15) is 80.1 Å². The molecule has 1 aromatic carbocycles. The van der Waals surface area contributed by atoms with Gasteiger partial charge in [0.25, 0.3) is 8.32 Å². The SMILES string of the molecule is CCc1c(C)c2c(c(O[Si](C)(C)C(C)(C)C)c1C/C=C(\C)CCC(=O)O)C(=O)OC2. The first-order valence-electron chi connectivity index (χ1n) is 10.7. The molecule has 0 amide bonds. The van der Waals surface area contributed by atoms with Gasteiger partial charge < -0.3 is 14.3 Å². The van der Waals surface area contributed by atoms with Crippen LogP contribution in [0.4, 0.5) is 0 Å². The summed E-state index contributed by atoms with van der Waals surface area (Å²) in [5, 5.41) is 8.95. The standard InChI is InChI=1S/C24H36O5Si/c1-9-17-16(3)19-14-28-23(27)21(19)22(29-30(7,8)24(4,5)6)18(17)12-10-15(2)11-13-20(25)26/h10H,9,11-14H2,1-8H3,(H,25,26)/b15-10+. The van der Waals surface area contributed by atoms with Gasteiger partial charge in [0.2, 0.25) is 0 Å². The molecule has 0 saturated heterocycles. The Labute approximate surface area is 181 Å². The molecule has 1 aliphatic rings. The van der Waals surface area contributed by atoms with Crippen molar-refractivity contribution in [2.24, 2.45) is 0 Å². The molecule has 0 atom stereocenters. The van der Waals surface area contributed by atoms with E-state index in [4.69, 9.17) is 14.3 Å². The average Bonchev–Trinajstić information content (AvgIpc) is 3.01. The zero-order valence-corrected chi connectivity index (χ0v) is 20.7. The Kier molecular flexibility index (Phi) is 7.23. The van der Waals surface area contributed by atoms with E-state index < -0.39 is 14.3 Å². The molecular weight excluding hydrogens is 396 g/mol. The lowest BCUT2D eigenvalue weighted by atomic mass is 9.89. The molecule has 166 valence electrons. The second-order valence-corrected chi connectivity index (χ2v) is 14.4. The van der Waals surface area contributed by atoms with Gasteiger partial charge in [-0.15, -0.1) is 0 Å². The van der Waals surface area contributed by atoms with Crippen LogP contribution in [0.2, 0.25) is 18.1 Å². The van der Waals surface area contributed by atoms with Gasteiger partial charge in [0.1, 0.15) is 17.9 Å². The average molecular weight is 433 g/mol. The van der Waals surface area contributed by atoms with E-state index in [-0.39, 0.29) is 17.4 Å². The summed E-state index contributed by atoms with van der Waals surface area (Å²) in [6.07, 6.45) is 4.15. The van der Waals surface area contributed by atoms with E-state index in [1.807, 2.05) is 6.92 Å². The lowest BCUT2D eigenvalue weighted by Gasteiger charge is -2.38. The molecule has 2 rings (SSSR count).